The molecule has 0 N–H and O–H groups in total. The van der Waals surface area contributed by atoms with E-state index in [4.69, 9.17) is 5.26 Å². The Morgan fingerprint density at radius 3 is 2.94 bits per heavy atom. The molecule has 88 valence electrons. The summed E-state index contributed by atoms with van der Waals surface area (Å²) < 4.78 is 13.2. The van der Waals surface area contributed by atoms with E-state index in [0.717, 1.165) is 24.6 Å². The lowest BCUT2D eigenvalue weighted by Gasteiger charge is -2.27. The molecule has 2 nitrogen and oxygen atoms in total. The number of rotatable bonds is 2. The molecule has 1 aromatic carbocycles. The maximum Gasteiger partial charge on any atom is 0.123 e. The van der Waals surface area contributed by atoms with Crippen molar-refractivity contribution < 1.29 is 4.39 Å². The second-order valence-electron chi connectivity index (χ2n) is 5.18. The second-order valence-corrected chi connectivity index (χ2v) is 5.18. The fourth-order valence-corrected chi connectivity index (χ4v) is 3.24. The standard InChI is InChI=1S/C14H15FN2/c15-13-3-2-11(7-16)12(6-13)9-17-8-10-1-4-14(17)5-10/h2-3,6,10,14H,1,4-5,8-9H2. The van der Waals surface area contributed by atoms with Gasteiger partial charge < -0.3 is 0 Å². The van der Waals surface area contributed by atoms with Crippen molar-refractivity contribution in [3.63, 3.8) is 0 Å². The van der Waals surface area contributed by atoms with Crippen molar-refractivity contribution in [1.29, 1.82) is 5.26 Å². The molecular weight excluding hydrogens is 215 g/mol. The summed E-state index contributed by atoms with van der Waals surface area (Å²) in [5.74, 6) is 0.586. The first-order valence-corrected chi connectivity index (χ1v) is 6.19. The van der Waals surface area contributed by atoms with Gasteiger partial charge in [-0.15, -0.1) is 0 Å². The van der Waals surface area contributed by atoms with E-state index in [9.17, 15) is 4.39 Å². The van der Waals surface area contributed by atoms with Crippen molar-refractivity contribution in [2.75, 3.05) is 6.54 Å². The Balaban J connectivity index is 1.81. The molecule has 1 saturated heterocycles. The van der Waals surface area contributed by atoms with Crippen LogP contribution in [0.4, 0.5) is 4.39 Å². The SMILES string of the molecule is N#Cc1ccc(F)cc1CN1CC2CCC1C2. The van der Waals surface area contributed by atoms with Gasteiger partial charge in [0.15, 0.2) is 0 Å². The number of likely N-dealkylation sites (tertiary alicyclic amines) is 1. The molecule has 3 rings (SSSR count). The van der Waals surface area contributed by atoms with Crippen LogP contribution < -0.4 is 0 Å². The minimum Gasteiger partial charge on any atom is -0.296 e. The normalized spacial score (nSPS) is 27.3. The molecular formula is C14H15FN2. The van der Waals surface area contributed by atoms with E-state index in [0.29, 0.717) is 11.6 Å². The van der Waals surface area contributed by atoms with Crippen LogP contribution in [0.15, 0.2) is 18.2 Å². The van der Waals surface area contributed by atoms with Crippen LogP contribution in [0, 0.1) is 23.1 Å². The van der Waals surface area contributed by atoms with Crippen LogP contribution in [0.25, 0.3) is 0 Å². The largest absolute Gasteiger partial charge is 0.296 e. The number of piperidine rings is 1. The van der Waals surface area contributed by atoms with Crippen molar-refractivity contribution in [3.8, 4) is 6.07 Å². The molecule has 0 spiro atoms. The monoisotopic (exact) mass is 230 g/mol. The summed E-state index contributed by atoms with van der Waals surface area (Å²) in [6.07, 6.45) is 3.90. The highest BCUT2D eigenvalue weighted by atomic mass is 19.1. The minimum absolute atomic E-state index is 0.247. The Morgan fingerprint density at radius 2 is 2.29 bits per heavy atom. The topological polar surface area (TPSA) is 27.0 Å². The quantitative estimate of drug-likeness (QED) is 0.781. The van der Waals surface area contributed by atoms with Crippen LogP contribution in [-0.2, 0) is 6.54 Å². The van der Waals surface area contributed by atoms with Crippen molar-refractivity contribution in [2.24, 2.45) is 5.92 Å². The first kappa shape index (κ1) is 10.7. The fourth-order valence-electron chi connectivity index (χ4n) is 3.24. The zero-order valence-corrected chi connectivity index (χ0v) is 9.69. The lowest BCUT2D eigenvalue weighted by molar-refractivity contribution is 0.205. The van der Waals surface area contributed by atoms with Gasteiger partial charge in [0.05, 0.1) is 11.6 Å². The smallest absolute Gasteiger partial charge is 0.123 e. The summed E-state index contributed by atoms with van der Waals surface area (Å²) in [4.78, 5) is 2.41. The summed E-state index contributed by atoms with van der Waals surface area (Å²) in [6.45, 7) is 1.84. The van der Waals surface area contributed by atoms with Gasteiger partial charge in [0, 0.05) is 19.1 Å². The predicted molar refractivity (Wildman–Crippen MR) is 62.7 cm³/mol. The molecule has 17 heavy (non-hydrogen) atoms. The van der Waals surface area contributed by atoms with Crippen molar-refractivity contribution >= 4 is 0 Å². The average molecular weight is 230 g/mol. The molecule has 1 aromatic rings. The van der Waals surface area contributed by atoms with E-state index in [2.05, 4.69) is 11.0 Å². The highest BCUT2D eigenvalue weighted by Crippen LogP contribution is 2.38. The molecule has 2 unspecified atom stereocenters. The van der Waals surface area contributed by atoms with E-state index >= 15 is 0 Å². The third-order valence-electron chi connectivity index (χ3n) is 4.08. The van der Waals surface area contributed by atoms with Crippen LogP contribution in [0.1, 0.15) is 30.4 Å². The zero-order chi connectivity index (χ0) is 11.8. The number of halogens is 1. The molecule has 2 bridgehead atoms. The third-order valence-corrected chi connectivity index (χ3v) is 4.08. The number of nitriles is 1. The molecule has 1 aliphatic carbocycles. The maximum atomic E-state index is 13.2. The highest BCUT2D eigenvalue weighted by Gasteiger charge is 2.37. The molecule has 1 heterocycles. The van der Waals surface area contributed by atoms with Crippen LogP contribution in [0.2, 0.25) is 0 Å². The summed E-state index contributed by atoms with van der Waals surface area (Å²) in [6, 6.07) is 7.26. The Labute approximate surface area is 101 Å². The summed E-state index contributed by atoms with van der Waals surface area (Å²) >= 11 is 0. The maximum absolute atomic E-state index is 13.2. The molecule has 2 aliphatic rings. The van der Waals surface area contributed by atoms with Crippen molar-refractivity contribution in [1.82, 2.24) is 4.90 Å². The number of fused-ring (bicyclic) bond motifs is 2. The van der Waals surface area contributed by atoms with E-state index in [-0.39, 0.29) is 5.82 Å². The van der Waals surface area contributed by atoms with E-state index in [1.807, 2.05) is 0 Å². The summed E-state index contributed by atoms with van der Waals surface area (Å²) in [7, 11) is 0. The van der Waals surface area contributed by atoms with Crippen molar-refractivity contribution in [2.45, 2.75) is 31.8 Å². The molecule has 0 aromatic heterocycles. The molecule has 2 atom stereocenters. The van der Waals surface area contributed by atoms with Crippen LogP contribution in [-0.4, -0.2) is 17.5 Å². The molecule has 0 amide bonds. The molecule has 1 aliphatic heterocycles. The molecule has 3 heteroatoms. The van der Waals surface area contributed by atoms with Crippen molar-refractivity contribution in [3.05, 3.63) is 35.1 Å². The van der Waals surface area contributed by atoms with Gasteiger partial charge in [-0.05, 0) is 48.9 Å². The van der Waals surface area contributed by atoms with Crippen LogP contribution in [0.5, 0.6) is 0 Å². The molecule has 1 saturated carbocycles. The summed E-state index contributed by atoms with van der Waals surface area (Å²) in [5.41, 5.74) is 1.44. The minimum atomic E-state index is -0.247. The Morgan fingerprint density at radius 1 is 1.41 bits per heavy atom. The van der Waals surface area contributed by atoms with Gasteiger partial charge in [0.2, 0.25) is 0 Å². The number of hydrogen-bond acceptors (Lipinski definition) is 2. The highest BCUT2D eigenvalue weighted by molar-refractivity contribution is 5.37. The predicted octanol–water partition coefficient (Wildman–Crippen LogP) is 2.68. The number of benzene rings is 1. The third kappa shape index (κ3) is 1.94. The van der Waals surface area contributed by atoms with Crippen LogP contribution >= 0.6 is 0 Å². The molecule has 2 fully saturated rings. The Kier molecular flexibility index (Phi) is 2.60. The van der Waals surface area contributed by atoms with Gasteiger partial charge >= 0.3 is 0 Å². The van der Waals surface area contributed by atoms with Gasteiger partial charge in [0.25, 0.3) is 0 Å². The average Bonchev–Trinajstić information content (AvgIpc) is 2.91. The fraction of sp³-hybridized carbons (Fsp3) is 0.500. The van der Waals surface area contributed by atoms with E-state index in [1.54, 1.807) is 6.07 Å². The Bertz CT molecular complexity index is 478. The summed E-state index contributed by atoms with van der Waals surface area (Å²) in [5, 5.41) is 9.02. The van der Waals surface area contributed by atoms with Gasteiger partial charge in [-0.1, -0.05) is 0 Å². The van der Waals surface area contributed by atoms with Gasteiger partial charge in [-0.3, -0.25) is 4.90 Å². The van der Waals surface area contributed by atoms with E-state index < -0.39 is 0 Å². The van der Waals surface area contributed by atoms with E-state index in [1.165, 1.54) is 31.4 Å². The first-order valence-electron chi connectivity index (χ1n) is 6.19. The number of nitrogens with zero attached hydrogens (tertiary/aromatic N) is 2. The lowest BCUT2D eigenvalue weighted by atomic mass is 10.1. The number of hydrogen-bond donors (Lipinski definition) is 0. The Hall–Kier alpha value is -1.40. The van der Waals surface area contributed by atoms with Gasteiger partial charge in [0.1, 0.15) is 5.82 Å². The van der Waals surface area contributed by atoms with Gasteiger partial charge in [-0.25, -0.2) is 4.39 Å². The second kappa shape index (κ2) is 4.12. The molecule has 0 radical (unpaired) electrons. The van der Waals surface area contributed by atoms with Crippen LogP contribution in [0.3, 0.4) is 0 Å². The van der Waals surface area contributed by atoms with Gasteiger partial charge in [-0.2, -0.15) is 5.26 Å². The lowest BCUT2D eigenvalue weighted by Crippen LogP contribution is -2.31. The zero-order valence-electron chi connectivity index (χ0n) is 9.69. The first-order chi connectivity index (χ1) is 8.26.